The fourth-order valence-electron chi connectivity index (χ4n) is 3.91. The van der Waals surface area contributed by atoms with Crippen LogP contribution in [0.4, 0.5) is 0 Å². The smallest absolute Gasteiger partial charge is 0.0705 e. The molecular formula is C27H26N2. The normalized spacial score (nSPS) is 12.5. The van der Waals surface area contributed by atoms with Gasteiger partial charge in [-0.15, -0.1) is 0 Å². The van der Waals surface area contributed by atoms with Crippen LogP contribution in [0.3, 0.4) is 0 Å². The van der Waals surface area contributed by atoms with E-state index < -0.39 is 0 Å². The Kier molecular flexibility index (Phi) is 5.26. The minimum atomic E-state index is 0.0189. The molecule has 0 aliphatic heterocycles. The summed E-state index contributed by atoms with van der Waals surface area (Å²) >= 11 is 0. The molecule has 0 saturated heterocycles. The summed E-state index contributed by atoms with van der Waals surface area (Å²) in [5, 5.41) is 0. The van der Waals surface area contributed by atoms with Crippen molar-refractivity contribution in [3.63, 3.8) is 0 Å². The van der Waals surface area contributed by atoms with Crippen LogP contribution < -0.4 is 0 Å². The number of nitrogens with zero attached hydrogens (tertiary/aromatic N) is 2. The predicted octanol–water partition coefficient (Wildman–Crippen LogP) is 6.99. The van der Waals surface area contributed by atoms with E-state index in [1.54, 1.807) is 0 Å². The van der Waals surface area contributed by atoms with Crippen LogP contribution in [-0.4, -0.2) is 9.97 Å². The van der Waals surface area contributed by atoms with Gasteiger partial charge in [0.1, 0.15) is 0 Å². The molecule has 2 aromatic carbocycles. The highest BCUT2D eigenvalue weighted by Gasteiger charge is 2.29. The highest BCUT2D eigenvalue weighted by molar-refractivity contribution is 5.61. The Balaban J connectivity index is 1.79. The minimum Gasteiger partial charge on any atom is -0.256 e. The second kappa shape index (κ2) is 8.00. The van der Waals surface area contributed by atoms with Gasteiger partial charge in [-0.1, -0.05) is 81.4 Å². The van der Waals surface area contributed by atoms with Gasteiger partial charge in [0.15, 0.2) is 0 Å². The molecule has 1 atom stereocenters. The van der Waals surface area contributed by atoms with Gasteiger partial charge >= 0.3 is 0 Å². The molecule has 144 valence electrons. The van der Waals surface area contributed by atoms with Crippen molar-refractivity contribution < 1.29 is 0 Å². The first kappa shape index (κ1) is 19.1. The third kappa shape index (κ3) is 4.27. The van der Waals surface area contributed by atoms with Crippen LogP contribution in [0.15, 0.2) is 97.2 Å². The molecule has 4 rings (SSSR count). The number of hydrogen-bond acceptors (Lipinski definition) is 2. The van der Waals surface area contributed by atoms with Crippen molar-refractivity contribution in [2.75, 3.05) is 0 Å². The van der Waals surface area contributed by atoms with Crippen molar-refractivity contribution in [2.45, 2.75) is 26.7 Å². The molecule has 0 N–H and O–H groups in total. The van der Waals surface area contributed by atoms with Crippen molar-refractivity contribution in [1.82, 2.24) is 9.97 Å². The van der Waals surface area contributed by atoms with Gasteiger partial charge in [0.2, 0.25) is 0 Å². The Morgan fingerprint density at radius 3 is 2.07 bits per heavy atom. The molecule has 2 heteroatoms. The van der Waals surface area contributed by atoms with Crippen molar-refractivity contribution in [1.29, 1.82) is 0 Å². The zero-order chi connectivity index (χ0) is 20.3. The van der Waals surface area contributed by atoms with Crippen LogP contribution in [0.5, 0.6) is 0 Å². The van der Waals surface area contributed by atoms with Gasteiger partial charge in [-0.2, -0.15) is 0 Å². The van der Waals surface area contributed by atoms with Gasteiger partial charge in [0, 0.05) is 28.9 Å². The van der Waals surface area contributed by atoms with Gasteiger partial charge in [0.25, 0.3) is 0 Å². The molecule has 0 amide bonds. The molecule has 4 aromatic rings. The van der Waals surface area contributed by atoms with E-state index in [9.17, 15) is 0 Å². The van der Waals surface area contributed by atoms with Gasteiger partial charge in [-0.25, -0.2) is 0 Å². The largest absolute Gasteiger partial charge is 0.256 e. The third-order valence-corrected chi connectivity index (χ3v) is 5.18. The summed E-state index contributed by atoms with van der Waals surface area (Å²) in [6.45, 7) is 6.84. The van der Waals surface area contributed by atoms with Crippen molar-refractivity contribution in [2.24, 2.45) is 5.41 Å². The molecule has 0 radical (unpaired) electrons. The second-order valence-corrected chi connectivity index (χ2v) is 8.45. The fourth-order valence-corrected chi connectivity index (χ4v) is 3.91. The lowest BCUT2D eigenvalue weighted by Gasteiger charge is -2.31. The van der Waals surface area contributed by atoms with E-state index in [-0.39, 0.29) is 11.3 Å². The highest BCUT2D eigenvalue weighted by atomic mass is 14.7. The van der Waals surface area contributed by atoms with Crippen LogP contribution in [0.1, 0.15) is 37.9 Å². The molecule has 0 spiro atoms. The summed E-state index contributed by atoms with van der Waals surface area (Å²) in [6.07, 6.45) is 1.84. The Morgan fingerprint density at radius 1 is 0.655 bits per heavy atom. The van der Waals surface area contributed by atoms with Crippen molar-refractivity contribution >= 4 is 0 Å². The quantitative estimate of drug-likeness (QED) is 0.382. The van der Waals surface area contributed by atoms with Gasteiger partial charge in [-0.3, -0.25) is 9.97 Å². The SMILES string of the molecule is CC(C)(C)C(c1cccc(-c2ccccn2)c1)c1cccc(-c2ccccc2)n1. The second-order valence-electron chi connectivity index (χ2n) is 8.45. The molecule has 29 heavy (non-hydrogen) atoms. The molecule has 2 nitrogen and oxygen atoms in total. The Morgan fingerprint density at radius 2 is 1.34 bits per heavy atom. The summed E-state index contributed by atoms with van der Waals surface area (Å²) < 4.78 is 0. The Bertz CT molecular complexity index is 997. The van der Waals surface area contributed by atoms with E-state index >= 15 is 0 Å². The lowest BCUT2D eigenvalue weighted by Crippen LogP contribution is -2.21. The summed E-state index contributed by atoms with van der Waals surface area (Å²) in [6, 6.07) is 31.5. The molecule has 0 bridgehead atoms. The lowest BCUT2D eigenvalue weighted by molar-refractivity contribution is 0.353. The van der Waals surface area contributed by atoms with Crippen LogP contribution in [-0.2, 0) is 0 Å². The zero-order valence-corrected chi connectivity index (χ0v) is 17.2. The average molecular weight is 379 g/mol. The maximum atomic E-state index is 5.07. The number of aromatic nitrogens is 2. The van der Waals surface area contributed by atoms with Crippen LogP contribution in [0.2, 0.25) is 0 Å². The van der Waals surface area contributed by atoms with Crippen LogP contribution in [0.25, 0.3) is 22.5 Å². The van der Waals surface area contributed by atoms with Gasteiger partial charge in [0.05, 0.1) is 11.4 Å². The average Bonchev–Trinajstić information content (AvgIpc) is 2.75. The molecule has 1 unspecified atom stereocenters. The van der Waals surface area contributed by atoms with Gasteiger partial charge in [-0.05, 0) is 41.3 Å². The summed E-state index contributed by atoms with van der Waals surface area (Å²) in [7, 11) is 0. The molecule has 2 aromatic heterocycles. The van der Waals surface area contributed by atoms with E-state index in [1.807, 2.05) is 24.4 Å². The molecule has 0 saturated carbocycles. The maximum absolute atomic E-state index is 5.07. The topological polar surface area (TPSA) is 25.8 Å². The molecular weight excluding hydrogens is 352 g/mol. The van der Waals surface area contributed by atoms with E-state index in [4.69, 9.17) is 4.98 Å². The maximum Gasteiger partial charge on any atom is 0.0705 e. The summed E-state index contributed by atoms with van der Waals surface area (Å²) in [5.41, 5.74) is 6.66. The Labute approximate surface area is 173 Å². The van der Waals surface area contributed by atoms with Crippen molar-refractivity contribution in [3.8, 4) is 22.5 Å². The standard InChI is InChI=1S/C27H26N2/c1-27(2,3)26(22-14-9-13-21(19-22)23-15-7-8-18-28-23)25-17-10-16-24(29-25)20-11-5-4-6-12-20/h4-19,26H,1-3H3. The van der Waals surface area contributed by atoms with Crippen LogP contribution in [0, 0.1) is 5.41 Å². The van der Waals surface area contributed by atoms with Crippen LogP contribution >= 0.6 is 0 Å². The third-order valence-electron chi connectivity index (χ3n) is 5.18. The minimum absolute atomic E-state index is 0.0189. The number of pyridine rings is 2. The molecule has 0 fully saturated rings. The first-order valence-electron chi connectivity index (χ1n) is 10.1. The summed E-state index contributed by atoms with van der Waals surface area (Å²) in [4.78, 5) is 9.60. The molecule has 2 heterocycles. The first-order valence-corrected chi connectivity index (χ1v) is 10.1. The van der Waals surface area contributed by atoms with E-state index in [1.165, 1.54) is 5.56 Å². The number of rotatable bonds is 4. The first-order chi connectivity index (χ1) is 14.0. The van der Waals surface area contributed by atoms with Crippen molar-refractivity contribution in [3.05, 3.63) is 108 Å². The predicted molar refractivity (Wildman–Crippen MR) is 121 cm³/mol. The lowest BCUT2D eigenvalue weighted by atomic mass is 9.74. The monoisotopic (exact) mass is 378 g/mol. The zero-order valence-electron chi connectivity index (χ0n) is 17.2. The van der Waals surface area contributed by atoms with E-state index in [0.29, 0.717) is 0 Å². The Hall–Kier alpha value is -3.26. The fraction of sp³-hybridized carbons (Fsp3) is 0.185. The highest BCUT2D eigenvalue weighted by Crippen LogP contribution is 2.41. The molecule has 0 aliphatic carbocycles. The molecule has 0 aliphatic rings. The number of benzene rings is 2. The van der Waals surface area contributed by atoms with Gasteiger partial charge < -0.3 is 0 Å². The number of hydrogen-bond donors (Lipinski definition) is 0. The van der Waals surface area contributed by atoms with E-state index in [2.05, 4.69) is 98.6 Å². The van der Waals surface area contributed by atoms with E-state index in [0.717, 1.165) is 28.2 Å². The summed E-state index contributed by atoms with van der Waals surface area (Å²) in [5.74, 6) is 0.176.